The summed E-state index contributed by atoms with van der Waals surface area (Å²) in [7, 11) is 0. The minimum absolute atomic E-state index is 0.245. The number of amides is 2. The number of aliphatic hydroxyl groups excluding tert-OH is 1. The number of halogens is 1. The second-order valence-electron chi connectivity index (χ2n) is 10.7. The highest BCUT2D eigenvalue weighted by molar-refractivity contribution is 6.30. The lowest BCUT2D eigenvalue weighted by molar-refractivity contribution is -0.155. The largest absolute Gasteiger partial charge is 0.465 e. The van der Waals surface area contributed by atoms with E-state index in [0.29, 0.717) is 30.0 Å². The summed E-state index contributed by atoms with van der Waals surface area (Å²) in [4.78, 5) is 45.4. The van der Waals surface area contributed by atoms with Gasteiger partial charge in [-0.3, -0.25) is 14.4 Å². The van der Waals surface area contributed by atoms with Crippen LogP contribution in [0, 0.1) is 11.8 Å². The van der Waals surface area contributed by atoms with Crippen molar-refractivity contribution < 1.29 is 29.0 Å². The zero-order valence-electron chi connectivity index (χ0n) is 21.9. The lowest BCUT2D eigenvalue weighted by Crippen LogP contribution is -2.58. The van der Waals surface area contributed by atoms with E-state index in [0.717, 1.165) is 5.56 Å². The van der Waals surface area contributed by atoms with Gasteiger partial charge in [0.25, 0.3) is 5.91 Å². The van der Waals surface area contributed by atoms with Gasteiger partial charge in [0.15, 0.2) is 0 Å². The van der Waals surface area contributed by atoms with Crippen molar-refractivity contribution in [3.8, 4) is 0 Å². The van der Waals surface area contributed by atoms with Crippen molar-refractivity contribution in [3.63, 3.8) is 0 Å². The number of likely N-dealkylation sites (tertiary alicyclic amines) is 1. The van der Waals surface area contributed by atoms with Crippen LogP contribution in [-0.2, 0) is 30.3 Å². The van der Waals surface area contributed by atoms with E-state index in [1.807, 2.05) is 48.6 Å². The topological polar surface area (TPSA) is 96.4 Å². The van der Waals surface area contributed by atoms with Gasteiger partial charge in [-0.2, -0.15) is 0 Å². The first-order valence-corrected chi connectivity index (χ1v) is 14.0. The summed E-state index contributed by atoms with van der Waals surface area (Å²) >= 11 is 6.11. The Hall–Kier alpha value is -3.46. The number of rotatable bonds is 5. The number of allylic oxidation sites excluding steroid dienone is 1. The number of aliphatic hydroxyl groups is 1. The highest BCUT2D eigenvalue weighted by Crippen LogP contribution is 2.54. The molecule has 8 nitrogen and oxygen atoms in total. The maximum absolute atomic E-state index is 14.5. The first kappa shape index (κ1) is 26.7. The zero-order valence-corrected chi connectivity index (χ0v) is 22.7. The van der Waals surface area contributed by atoms with Crippen LogP contribution >= 0.6 is 11.6 Å². The van der Waals surface area contributed by atoms with Crippen LogP contribution in [0.5, 0.6) is 0 Å². The van der Waals surface area contributed by atoms with Crippen molar-refractivity contribution in [2.75, 3.05) is 24.7 Å². The lowest BCUT2D eigenvalue weighted by Gasteiger charge is -2.38. The van der Waals surface area contributed by atoms with Crippen LogP contribution in [-0.4, -0.2) is 71.3 Å². The molecule has 6 rings (SSSR count). The fourth-order valence-corrected chi connectivity index (χ4v) is 6.70. The summed E-state index contributed by atoms with van der Waals surface area (Å²) in [6, 6.07) is 14.6. The Morgan fingerprint density at radius 2 is 1.80 bits per heavy atom. The average Bonchev–Trinajstić information content (AvgIpc) is 3.38. The number of carbonyl (C=O) groups excluding carboxylic acids is 3. The molecule has 2 amide bonds. The molecule has 1 spiro atoms. The third kappa shape index (κ3) is 4.44. The first-order chi connectivity index (χ1) is 19.4. The van der Waals surface area contributed by atoms with Crippen molar-refractivity contribution in [2.45, 2.75) is 43.1 Å². The van der Waals surface area contributed by atoms with Gasteiger partial charge in [0.2, 0.25) is 5.91 Å². The van der Waals surface area contributed by atoms with Crippen LogP contribution in [0.25, 0.3) is 0 Å². The molecular formula is C31H31ClN2O6. The van der Waals surface area contributed by atoms with Gasteiger partial charge in [0, 0.05) is 17.3 Å². The molecule has 4 heterocycles. The molecule has 1 N–H and O–H groups in total. The Morgan fingerprint density at radius 1 is 1.02 bits per heavy atom. The van der Waals surface area contributed by atoms with Crippen LogP contribution in [0.2, 0.25) is 5.02 Å². The summed E-state index contributed by atoms with van der Waals surface area (Å²) in [5, 5.41) is 11.1. The highest BCUT2D eigenvalue weighted by Gasteiger charge is 2.72. The third-order valence-electron chi connectivity index (χ3n) is 8.35. The van der Waals surface area contributed by atoms with E-state index in [2.05, 4.69) is 0 Å². The highest BCUT2D eigenvalue weighted by atomic mass is 35.5. The maximum atomic E-state index is 14.5. The number of benzene rings is 2. The van der Waals surface area contributed by atoms with Crippen LogP contribution in [0.15, 0.2) is 78.9 Å². The number of carbonyl (C=O) groups is 3. The van der Waals surface area contributed by atoms with E-state index >= 15 is 0 Å². The molecular weight excluding hydrogens is 532 g/mol. The summed E-state index contributed by atoms with van der Waals surface area (Å²) in [6.07, 6.45) is 8.38. The van der Waals surface area contributed by atoms with Gasteiger partial charge in [-0.15, -0.1) is 0 Å². The van der Waals surface area contributed by atoms with Crippen molar-refractivity contribution in [1.29, 1.82) is 0 Å². The number of nitrogens with zero attached hydrogens (tertiary/aromatic N) is 2. The van der Waals surface area contributed by atoms with Gasteiger partial charge in [-0.25, -0.2) is 0 Å². The Labute approximate surface area is 237 Å². The molecule has 40 heavy (non-hydrogen) atoms. The Bertz CT molecular complexity index is 1350. The standard InChI is InChI=1S/C31H31ClN2O6/c32-21-11-13-22(14-12-21)33-16-7-15-31-26(25-24(40-31)10-5-2-6-17-39-30(25)38)28(36)34(27(31)29(33)37)23(19-35)18-20-8-3-1-4-9-20/h1,3-5,7-15,23-27,35H,2,6,16-19H2/b10-5-/t23-,24+,25-,26+,27?,31+/m1/s1. The lowest BCUT2D eigenvalue weighted by atomic mass is 9.78. The Morgan fingerprint density at radius 3 is 2.55 bits per heavy atom. The molecule has 0 aromatic heterocycles. The molecule has 2 aromatic carbocycles. The van der Waals surface area contributed by atoms with E-state index < -0.39 is 47.5 Å². The SMILES string of the molecule is O=C1OCCC/C=C\[C@@H]2O[C@]34C=CCN(c5ccc(Cl)cc5)C(=O)C3N([C@@H](CO)Cc3ccccc3)C(=O)[C@@H]4[C@H]12. The van der Waals surface area contributed by atoms with Gasteiger partial charge in [-0.1, -0.05) is 66.2 Å². The number of fused-ring (bicyclic) bond motifs is 2. The molecule has 0 bridgehead atoms. The fraction of sp³-hybridized carbons (Fsp3) is 0.387. The molecule has 6 atom stereocenters. The number of hydrogen-bond donors (Lipinski definition) is 1. The molecule has 0 saturated carbocycles. The predicted molar refractivity (Wildman–Crippen MR) is 149 cm³/mol. The van der Waals surface area contributed by atoms with E-state index in [1.54, 1.807) is 35.2 Å². The molecule has 2 saturated heterocycles. The summed E-state index contributed by atoms with van der Waals surface area (Å²) in [5.74, 6) is -3.14. The predicted octanol–water partition coefficient (Wildman–Crippen LogP) is 3.32. The molecule has 9 heteroatoms. The van der Waals surface area contributed by atoms with Gasteiger partial charge in [0.05, 0.1) is 31.3 Å². The second-order valence-corrected chi connectivity index (χ2v) is 11.1. The van der Waals surface area contributed by atoms with Crippen molar-refractivity contribution >= 4 is 35.1 Å². The zero-order chi connectivity index (χ0) is 27.9. The number of cyclic esters (lactones) is 1. The van der Waals surface area contributed by atoms with Gasteiger partial charge in [-0.05, 0) is 49.1 Å². The number of hydrogen-bond acceptors (Lipinski definition) is 6. The molecule has 1 unspecified atom stereocenters. The van der Waals surface area contributed by atoms with E-state index in [1.165, 1.54) is 4.90 Å². The summed E-state index contributed by atoms with van der Waals surface area (Å²) in [6.45, 7) is 0.130. The van der Waals surface area contributed by atoms with Gasteiger partial charge < -0.3 is 24.4 Å². The molecule has 4 aliphatic rings. The summed E-state index contributed by atoms with van der Waals surface area (Å²) < 4.78 is 12.2. The Kier molecular flexibility index (Phi) is 7.25. The van der Waals surface area contributed by atoms with Crippen molar-refractivity contribution in [1.82, 2.24) is 4.90 Å². The quantitative estimate of drug-likeness (QED) is 0.444. The van der Waals surface area contributed by atoms with Crippen LogP contribution in [0.4, 0.5) is 5.69 Å². The number of anilines is 1. The second kappa shape index (κ2) is 10.8. The van der Waals surface area contributed by atoms with Crippen LogP contribution < -0.4 is 4.90 Å². The van der Waals surface area contributed by atoms with E-state index in [4.69, 9.17) is 21.1 Å². The average molecular weight is 563 g/mol. The first-order valence-electron chi connectivity index (χ1n) is 13.7. The molecule has 0 aliphatic carbocycles. The van der Waals surface area contributed by atoms with Gasteiger partial charge in [0.1, 0.15) is 17.6 Å². The van der Waals surface area contributed by atoms with Crippen LogP contribution in [0.1, 0.15) is 18.4 Å². The molecule has 2 aromatic rings. The molecule has 0 radical (unpaired) electrons. The minimum Gasteiger partial charge on any atom is -0.465 e. The normalized spacial score (nSPS) is 31.3. The van der Waals surface area contributed by atoms with Crippen LogP contribution in [0.3, 0.4) is 0 Å². The number of ether oxygens (including phenoxy) is 2. The Balaban J connectivity index is 1.47. The van der Waals surface area contributed by atoms with Gasteiger partial charge >= 0.3 is 5.97 Å². The minimum atomic E-state index is -1.41. The monoisotopic (exact) mass is 562 g/mol. The van der Waals surface area contributed by atoms with E-state index in [-0.39, 0.29) is 25.7 Å². The van der Waals surface area contributed by atoms with E-state index in [9.17, 15) is 19.5 Å². The fourth-order valence-electron chi connectivity index (χ4n) is 6.58. The maximum Gasteiger partial charge on any atom is 0.312 e. The molecule has 4 aliphatic heterocycles. The summed E-state index contributed by atoms with van der Waals surface area (Å²) in [5.41, 5.74) is 0.128. The number of esters is 1. The third-order valence-corrected chi connectivity index (χ3v) is 8.60. The smallest absolute Gasteiger partial charge is 0.312 e. The van der Waals surface area contributed by atoms with Crippen molar-refractivity contribution in [2.24, 2.45) is 11.8 Å². The molecule has 208 valence electrons. The van der Waals surface area contributed by atoms with Crippen molar-refractivity contribution in [3.05, 3.63) is 89.5 Å². The molecule has 2 fully saturated rings.